The third-order valence-corrected chi connectivity index (χ3v) is 3.51. The van der Waals surface area contributed by atoms with Gasteiger partial charge in [-0.2, -0.15) is 5.10 Å². The molecule has 1 atom stereocenters. The molecule has 1 amide bonds. The van der Waals surface area contributed by atoms with Crippen LogP contribution in [0.2, 0.25) is 0 Å². The molecule has 2 aromatic rings. The van der Waals surface area contributed by atoms with Gasteiger partial charge >= 0.3 is 0 Å². The molecule has 2 heterocycles. The van der Waals surface area contributed by atoms with E-state index >= 15 is 0 Å². The fourth-order valence-corrected chi connectivity index (χ4v) is 2.48. The maximum absolute atomic E-state index is 11.8. The molecule has 0 N–H and O–H groups in total. The second-order valence-electron chi connectivity index (χ2n) is 4.88. The van der Waals surface area contributed by atoms with Crippen LogP contribution in [0.1, 0.15) is 30.7 Å². The van der Waals surface area contributed by atoms with Crippen molar-refractivity contribution in [3.05, 3.63) is 54.0 Å². The van der Waals surface area contributed by atoms with Gasteiger partial charge in [0.1, 0.15) is 17.6 Å². The zero-order valence-corrected chi connectivity index (χ0v) is 11.9. The van der Waals surface area contributed by atoms with Gasteiger partial charge in [-0.15, -0.1) is 0 Å². The van der Waals surface area contributed by atoms with Crippen molar-refractivity contribution in [3.63, 3.8) is 0 Å². The van der Waals surface area contributed by atoms with E-state index in [0.717, 1.165) is 22.8 Å². The van der Waals surface area contributed by atoms with Crippen LogP contribution in [-0.4, -0.2) is 23.7 Å². The van der Waals surface area contributed by atoms with Crippen molar-refractivity contribution in [2.24, 2.45) is 5.10 Å². The van der Waals surface area contributed by atoms with Gasteiger partial charge in [0, 0.05) is 18.9 Å². The Balaban J connectivity index is 1.93. The Morgan fingerprint density at radius 2 is 2.24 bits per heavy atom. The summed E-state index contributed by atoms with van der Waals surface area (Å²) in [5, 5.41) is 5.94. The van der Waals surface area contributed by atoms with Crippen LogP contribution in [0.25, 0.3) is 0 Å². The summed E-state index contributed by atoms with van der Waals surface area (Å²) in [4.78, 5) is 11.8. The second-order valence-corrected chi connectivity index (χ2v) is 4.88. The van der Waals surface area contributed by atoms with Gasteiger partial charge in [-0.25, -0.2) is 5.01 Å². The fourth-order valence-electron chi connectivity index (χ4n) is 2.48. The van der Waals surface area contributed by atoms with Gasteiger partial charge in [-0.1, -0.05) is 12.1 Å². The number of carbonyl (C=O) groups is 1. The number of hydrazone groups is 1. The first-order valence-electron chi connectivity index (χ1n) is 6.74. The number of furan rings is 1. The van der Waals surface area contributed by atoms with Crippen LogP contribution < -0.4 is 4.74 Å². The number of carbonyl (C=O) groups excluding carboxylic acids is 1. The number of amides is 1. The molecular formula is C16H16N2O3. The minimum atomic E-state index is -0.182. The molecule has 5 nitrogen and oxygen atoms in total. The minimum Gasteiger partial charge on any atom is -0.497 e. The van der Waals surface area contributed by atoms with Crippen LogP contribution in [0.5, 0.6) is 5.75 Å². The van der Waals surface area contributed by atoms with Crippen LogP contribution >= 0.6 is 0 Å². The smallest absolute Gasteiger partial charge is 0.240 e. The SMILES string of the molecule is COc1cccc(C2=NN(C(C)=O)[C@H](c3ccco3)C2)c1. The Hall–Kier alpha value is -2.56. The zero-order chi connectivity index (χ0) is 14.8. The first kappa shape index (κ1) is 13.4. The van der Waals surface area contributed by atoms with E-state index in [4.69, 9.17) is 9.15 Å². The first-order valence-corrected chi connectivity index (χ1v) is 6.74. The van der Waals surface area contributed by atoms with Crippen molar-refractivity contribution in [2.45, 2.75) is 19.4 Å². The van der Waals surface area contributed by atoms with Crippen LogP contribution in [-0.2, 0) is 4.79 Å². The summed E-state index contributed by atoms with van der Waals surface area (Å²) in [6.45, 7) is 1.51. The average Bonchev–Trinajstić information content (AvgIpc) is 3.16. The van der Waals surface area contributed by atoms with Gasteiger partial charge < -0.3 is 9.15 Å². The lowest BCUT2D eigenvalue weighted by atomic mass is 10.0. The summed E-state index contributed by atoms with van der Waals surface area (Å²) in [6.07, 6.45) is 2.23. The Labute approximate surface area is 122 Å². The highest BCUT2D eigenvalue weighted by atomic mass is 16.5. The van der Waals surface area contributed by atoms with Gasteiger partial charge in [0.25, 0.3) is 0 Å². The number of ether oxygens (including phenoxy) is 1. The van der Waals surface area contributed by atoms with E-state index in [2.05, 4.69) is 5.10 Å². The Bertz CT molecular complexity index is 677. The summed E-state index contributed by atoms with van der Waals surface area (Å²) in [5.74, 6) is 1.41. The second kappa shape index (κ2) is 5.44. The summed E-state index contributed by atoms with van der Waals surface area (Å²) in [5.41, 5.74) is 1.81. The lowest BCUT2D eigenvalue weighted by Crippen LogP contribution is -2.23. The fraction of sp³-hybridized carbons (Fsp3) is 0.250. The third kappa shape index (κ3) is 2.54. The number of hydrogen-bond donors (Lipinski definition) is 0. The summed E-state index contributed by atoms with van der Waals surface area (Å²) in [7, 11) is 1.63. The predicted octanol–water partition coefficient (Wildman–Crippen LogP) is 2.99. The summed E-state index contributed by atoms with van der Waals surface area (Å²) in [6, 6.07) is 11.2. The number of hydrogen-bond acceptors (Lipinski definition) is 4. The molecule has 0 radical (unpaired) electrons. The largest absolute Gasteiger partial charge is 0.497 e. The van der Waals surface area contributed by atoms with Gasteiger partial charge in [0.15, 0.2) is 0 Å². The van der Waals surface area contributed by atoms with Crippen LogP contribution in [0.3, 0.4) is 0 Å². The Kier molecular flexibility index (Phi) is 3.48. The van der Waals surface area contributed by atoms with E-state index in [9.17, 15) is 4.79 Å². The number of rotatable bonds is 3. The summed E-state index contributed by atoms with van der Waals surface area (Å²) < 4.78 is 10.7. The van der Waals surface area contributed by atoms with Crippen molar-refractivity contribution < 1.29 is 13.9 Å². The molecule has 0 spiro atoms. The van der Waals surface area contributed by atoms with Gasteiger partial charge in [0.2, 0.25) is 5.91 Å². The minimum absolute atomic E-state index is 0.103. The molecule has 3 rings (SSSR count). The zero-order valence-electron chi connectivity index (χ0n) is 11.9. The monoisotopic (exact) mass is 284 g/mol. The summed E-state index contributed by atoms with van der Waals surface area (Å²) >= 11 is 0. The number of nitrogens with zero attached hydrogens (tertiary/aromatic N) is 2. The molecule has 21 heavy (non-hydrogen) atoms. The highest BCUT2D eigenvalue weighted by molar-refractivity contribution is 6.03. The molecule has 5 heteroatoms. The van der Waals surface area contributed by atoms with Crippen molar-refractivity contribution in [1.82, 2.24) is 5.01 Å². The lowest BCUT2D eigenvalue weighted by Gasteiger charge is -2.17. The van der Waals surface area contributed by atoms with Crippen LogP contribution in [0.4, 0.5) is 0 Å². The molecule has 0 aliphatic carbocycles. The molecule has 0 saturated heterocycles. The van der Waals surface area contributed by atoms with Crippen LogP contribution in [0.15, 0.2) is 52.2 Å². The van der Waals surface area contributed by atoms with Gasteiger partial charge in [-0.3, -0.25) is 4.79 Å². The molecule has 0 bridgehead atoms. The van der Waals surface area contributed by atoms with Crippen LogP contribution in [0, 0.1) is 0 Å². The molecule has 1 aromatic carbocycles. The molecule has 108 valence electrons. The van der Waals surface area contributed by atoms with Crippen molar-refractivity contribution in [1.29, 1.82) is 0 Å². The van der Waals surface area contributed by atoms with E-state index in [-0.39, 0.29) is 11.9 Å². The molecule has 0 saturated carbocycles. The van der Waals surface area contributed by atoms with E-state index in [1.54, 1.807) is 13.4 Å². The Morgan fingerprint density at radius 1 is 1.38 bits per heavy atom. The standard InChI is InChI=1S/C16H16N2O3/c1-11(19)18-15(16-7-4-8-21-16)10-14(17-18)12-5-3-6-13(9-12)20-2/h3-9,15H,10H2,1-2H3/t15-/m0/s1. The number of methoxy groups -OCH3 is 1. The van der Waals surface area contributed by atoms with Crippen molar-refractivity contribution in [3.8, 4) is 5.75 Å². The van der Waals surface area contributed by atoms with E-state index < -0.39 is 0 Å². The quantitative estimate of drug-likeness (QED) is 0.870. The van der Waals surface area contributed by atoms with Gasteiger partial charge in [-0.05, 0) is 24.3 Å². The van der Waals surface area contributed by atoms with Crippen molar-refractivity contribution >= 4 is 11.6 Å². The lowest BCUT2D eigenvalue weighted by molar-refractivity contribution is -0.130. The first-order chi connectivity index (χ1) is 10.2. The van der Waals surface area contributed by atoms with Gasteiger partial charge in [0.05, 0.1) is 19.1 Å². The van der Waals surface area contributed by atoms with E-state index in [1.165, 1.54) is 11.9 Å². The highest BCUT2D eigenvalue weighted by Crippen LogP contribution is 2.33. The molecule has 1 aliphatic heterocycles. The predicted molar refractivity (Wildman–Crippen MR) is 78.1 cm³/mol. The van der Waals surface area contributed by atoms with E-state index in [0.29, 0.717) is 6.42 Å². The molecular weight excluding hydrogens is 268 g/mol. The third-order valence-electron chi connectivity index (χ3n) is 3.51. The molecule has 0 unspecified atom stereocenters. The maximum atomic E-state index is 11.8. The normalized spacial score (nSPS) is 17.7. The highest BCUT2D eigenvalue weighted by Gasteiger charge is 2.33. The average molecular weight is 284 g/mol. The molecule has 1 aromatic heterocycles. The maximum Gasteiger partial charge on any atom is 0.240 e. The molecule has 1 aliphatic rings. The topological polar surface area (TPSA) is 55.0 Å². The number of benzene rings is 1. The van der Waals surface area contributed by atoms with E-state index in [1.807, 2.05) is 36.4 Å². The molecule has 0 fully saturated rings. The van der Waals surface area contributed by atoms with Crippen molar-refractivity contribution in [2.75, 3.05) is 7.11 Å². The Morgan fingerprint density at radius 3 is 2.90 bits per heavy atom.